The van der Waals surface area contributed by atoms with Gasteiger partial charge in [-0.3, -0.25) is 4.79 Å². The van der Waals surface area contributed by atoms with Crippen LogP contribution in [0.3, 0.4) is 0 Å². The number of amides is 1. The van der Waals surface area contributed by atoms with E-state index in [1.165, 1.54) is 18.4 Å². The van der Waals surface area contributed by atoms with Crippen molar-refractivity contribution < 1.29 is 9.90 Å². The Morgan fingerprint density at radius 3 is 2.13 bits per heavy atom. The van der Waals surface area contributed by atoms with Gasteiger partial charge in [-0.15, -0.1) is 0 Å². The maximum Gasteiger partial charge on any atom is 0.220 e. The first-order valence-electron chi connectivity index (χ1n) is 10.8. The Bertz CT molecular complexity index is 962. The summed E-state index contributed by atoms with van der Waals surface area (Å²) in [6.45, 7) is 0.665. The largest absolute Gasteiger partial charge is 0.508 e. The van der Waals surface area contributed by atoms with E-state index in [1.54, 1.807) is 6.07 Å². The number of benzene rings is 3. The van der Waals surface area contributed by atoms with Crippen LogP contribution in [-0.2, 0) is 10.2 Å². The van der Waals surface area contributed by atoms with Gasteiger partial charge in [0.15, 0.2) is 0 Å². The minimum absolute atomic E-state index is 0.0225. The second-order valence-corrected chi connectivity index (χ2v) is 8.36. The van der Waals surface area contributed by atoms with Crippen molar-refractivity contribution in [3.63, 3.8) is 0 Å². The topological polar surface area (TPSA) is 49.3 Å². The van der Waals surface area contributed by atoms with Gasteiger partial charge in [-0.1, -0.05) is 91.7 Å². The first-order chi connectivity index (χ1) is 14.7. The third-order valence-electron chi connectivity index (χ3n) is 6.47. The van der Waals surface area contributed by atoms with Crippen molar-refractivity contribution in [1.29, 1.82) is 0 Å². The van der Waals surface area contributed by atoms with Crippen LogP contribution in [0.5, 0.6) is 5.75 Å². The summed E-state index contributed by atoms with van der Waals surface area (Å²) >= 11 is 0. The number of rotatable bonds is 7. The van der Waals surface area contributed by atoms with Crippen LogP contribution < -0.4 is 5.32 Å². The molecular formula is C27H29NO2. The Morgan fingerprint density at radius 2 is 1.47 bits per heavy atom. The smallest absolute Gasteiger partial charge is 0.220 e. The van der Waals surface area contributed by atoms with Gasteiger partial charge in [0.25, 0.3) is 0 Å². The third kappa shape index (κ3) is 4.40. The van der Waals surface area contributed by atoms with E-state index in [0.717, 1.165) is 24.0 Å². The van der Waals surface area contributed by atoms with E-state index in [4.69, 9.17) is 0 Å². The number of aromatic hydroxyl groups is 1. The number of carbonyl (C=O) groups is 1. The summed E-state index contributed by atoms with van der Waals surface area (Å²) in [7, 11) is 0. The fraction of sp³-hybridized carbons (Fsp3) is 0.296. The Labute approximate surface area is 178 Å². The number of nitrogens with one attached hydrogen (secondary N) is 1. The highest BCUT2D eigenvalue weighted by molar-refractivity contribution is 5.78. The zero-order chi connectivity index (χ0) is 20.8. The summed E-state index contributed by atoms with van der Waals surface area (Å²) < 4.78 is 0. The molecule has 1 amide bonds. The zero-order valence-electron chi connectivity index (χ0n) is 17.3. The molecule has 0 bridgehead atoms. The van der Waals surface area contributed by atoms with Crippen molar-refractivity contribution in [2.24, 2.45) is 0 Å². The Hall–Kier alpha value is -3.07. The van der Waals surface area contributed by atoms with Gasteiger partial charge < -0.3 is 10.4 Å². The summed E-state index contributed by atoms with van der Waals surface area (Å²) in [4.78, 5) is 13.0. The van der Waals surface area contributed by atoms with Crippen LogP contribution in [0.15, 0.2) is 84.9 Å². The molecule has 3 nitrogen and oxygen atoms in total. The lowest BCUT2D eigenvalue weighted by molar-refractivity contribution is -0.121. The van der Waals surface area contributed by atoms with Crippen molar-refractivity contribution in [1.82, 2.24) is 5.32 Å². The molecular weight excluding hydrogens is 370 g/mol. The standard InChI is InChI=1S/C27H29NO2/c29-25-16-8-7-15-23(25)24(21-11-3-1-4-12-21)19-26(30)28-20-27(17-9-10-18-27)22-13-5-2-6-14-22/h1-8,11-16,24,29H,9-10,17-20H2,(H,28,30)/t24-/m1/s1. The molecule has 4 rings (SSSR count). The van der Waals surface area contributed by atoms with Crippen molar-refractivity contribution in [2.75, 3.05) is 6.54 Å². The fourth-order valence-electron chi connectivity index (χ4n) is 4.81. The summed E-state index contributed by atoms with van der Waals surface area (Å²) in [6, 6.07) is 27.9. The highest BCUT2D eigenvalue weighted by atomic mass is 16.3. The quantitative estimate of drug-likeness (QED) is 0.548. The first kappa shape index (κ1) is 20.2. The van der Waals surface area contributed by atoms with Crippen molar-refractivity contribution >= 4 is 5.91 Å². The molecule has 0 heterocycles. The molecule has 3 aromatic rings. The second-order valence-electron chi connectivity index (χ2n) is 8.36. The highest BCUT2D eigenvalue weighted by Crippen LogP contribution is 2.40. The molecule has 154 valence electrons. The number of phenolic OH excluding ortho intramolecular Hbond substituents is 1. The number of carbonyl (C=O) groups excluding carboxylic acids is 1. The number of hydrogen-bond acceptors (Lipinski definition) is 2. The molecule has 1 atom stereocenters. The van der Waals surface area contributed by atoms with E-state index < -0.39 is 0 Å². The molecule has 1 aliphatic carbocycles. The van der Waals surface area contributed by atoms with Gasteiger partial charge in [0.1, 0.15) is 5.75 Å². The molecule has 0 spiro atoms. The fourth-order valence-corrected chi connectivity index (χ4v) is 4.81. The molecule has 1 saturated carbocycles. The van der Waals surface area contributed by atoms with Crippen LogP contribution in [0.2, 0.25) is 0 Å². The number of para-hydroxylation sites is 1. The molecule has 2 N–H and O–H groups in total. The summed E-state index contributed by atoms with van der Waals surface area (Å²) in [5.41, 5.74) is 3.18. The SMILES string of the molecule is O=C(C[C@H](c1ccccc1)c1ccccc1O)NCC1(c2ccccc2)CCCC1. The second kappa shape index (κ2) is 9.17. The average molecular weight is 400 g/mol. The highest BCUT2D eigenvalue weighted by Gasteiger charge is 2.36. The van der Waals surface area contributed by atoms with E-state index in [9.17, 15) is 9.90 Å². The zero-order valence-corrected chi connectivity index (χ0v) is 17.3. The molecule has 3 heteroatoms. The van der Waals surface area contributed by atoms with E-state index >= 15 is 0 Å². The third-order valence-corrected chi connectivity index (χ3v) is 6.47. The number of phenols is 1. The predicted octanol–water partition coefficient (Wildman–Crippen LogP) is 5.54. The van der Waals surface area contributed by atoms with Gasteiger partial charge in [0.2, 0.25) is 5.91 Å². The monoisotopic (exact) mass is 399 g/mol. The van der Waals surface area contributed by atoms with E-state index in [-0.39, 0.29) is 23.0 Å². The normalized spacial score (nSPS) is 16.1. The maximum absolute atomic E-state index is 13.0. The average Bonchev–Trinajstić information content (AvgIpc) is 3.28. The molecule has 0 saturated heterocycles. The maximum atomic E-state index is 13.0. The Morgan fingerprint density at radius 1 is 0.867 bits per heavy atom. The van der Waals surface area contributed by atoms with Crippen LogP contribution in [-0.4, -0.2) is 17.6 Å². The summed E-state index contributed by atoms with van der Waals surface area (Å²) in [6.07, 6.45) is 4.94. The lowest BCUT2D eigenvalue weighted by Crippen LogP contribution is -2.39. The van der Waals surface area contributed by atoms with Crippen LogP contribution in [0.25, 0.3) is 0 Å². The minimum Gasteiger partial charge on any atom is -0.508 e. The van der Waals surface area contributed by atoms with Crippen LogP contribution in [0, 0.1) is 0 Å². The molecule has 1 aliphatic rings. The molecule has 0 unspecified atom stereocenters. The van der Waals surface area contributed by atoms with Crippen LogP contribution >= 0.6 is 0 Å². The Balaban J connectivity index is 1.51. The van der Waals surface area contributed by atoms with Gasteiger partial charge in [0, 0.05) is 29.9 Å². The molecule has 3 aromatic carbocycles. The summed E-state index contributed by atoms with van der Waals surface area (Å²) in [5.74, 6) is 0.0775. The first-order valence-corrected chi connectivity index (χ1v) is 10.8. The minimum atomic E-state index is -0.177. The van der Waals surface area contributed by atoms with Crippen molar-refractivity contribution in [3.8, 4) is 5.75 Å². The molecule has 0 aromatic heterocycles. The molecule has 30 heavy (non-hydrogen) atoms. The van der Waals surface area contributed by atoms with Crippen LogP contribution in [0.1, 0.15) is 54.7 Å². The molecule has 0 aliphatic heterocycles. The van der Waals surface area contributed by atoms with Gasteiger partial charge in [-0.05, 0) is 30.0 Å². The van der Waals surface area contributed by atoms with Gasteiger partial charge in [-0.25, -0.2) is 0 Å². The predicted molar refractivity (Wildman–Crippen MR) is 121 cm³/mol. The van der Waals surface area contributed by atoms with E-state index in [0.29, 0.717) is 13.0 Å². The van der Waals surface area contributed by atoms with Crippen molar-refractivity contribution in [2.45, 2.75) is 43.4 Å². The van der Waals surface area contributed by atoms with Crippen molar-refractivity contribution in [3.05, 3.63) is 102 Å². The molecule has 0 radical (unpaired) electrons. The van der Waals surface area contributed by atoms with E-state index in [2.05, 4.69) is 29.6 Å². The van der Waals surface area contributed by atoms with E-state index in [1.807, 2.05) is 54.6 Å². The van der Waals surface area contributed by atoms with Crippen LogP contribution in [0.4, 0.5) is 0 Å². The number of hydrogen-bond donors (Lipinski definition) is 2. The molecule has 1 fully saturated rings. The summed E-state index contributed by atoms with van der Waals surface area (Å²) in [5, 5.41) is 13.6. The van der Waals surface area contributed by atoms with Gasteiger partial charge in [0.05, 0.1) is 0 Å². The van der Waals surface area contributed by atoms with Gasteiger partial charge >= 0.3 is 0 Å². The lowest BCUT2D eigenvalue weighted by atomic mass is 9.78. The Kier molecular flexibility index (Phi) is 6.18. The lowest BCUT2D eigenvalue weighted by Gasteiger charge is -2.30. The van der Waals surface area contributed by atoms with Gasteiger partial charge in [-0.2, -0.15) is 0 Å².